The maximum absolute atomic E-state index is 6.34. The van der Waals surface area contributed by atoms with Crippen LogP contribution in [0.2, 0.25) is 19.6 Å². The number of halogens is 2. The van der Waals surface area contributed by atoms with E-state index in [1.54, 1.807) is 0 Å². The Bertz CT molecular complexity index is 145. The molecule has 12 heavy (non-hydrogen) atoms. The van der Waals surface area contributed by atoms with Crippen LogP contribution in [0.3, 0.4) is 0 Å². The molecule has 5 heteroatoms. The summed E-state index contributed by atoms with van der Waals surface area (Å²) < 4.78 is 0. The Morgan fingerprint density at radius 2 is 1.67 bits per heavy atom. The zero-order valence-electron chi connectivity index (χ0n) is 8.54. The smallest absolute Gasteiger partial charge is 0.304 e. The van der Waals surface area contributed by atoms with Crippen LogP contribution in [0.1, 0.15) is 20.3 Å². The van der Waals surface area contributed by atoms with Crippen molar-refractivity contribution in [2.75, 3.05) is 0 Å². The predicted octanol–water partition coefficient (Wildman–Crippen LogP) is 3.21. The first-order valence-corrected chi connectivity index (χ1v) is 12.9. The van der Waals surface area contributed by atoms with Gasteiger partial charge in [-0.3, -0.25) is 0 Å². The summed E-state index contributed by atoms with van der Waals surface area (Å²) in [7, 11) is -1.41. The molecule has 0 aliphatic heterocycles. The summed E-state index contributed by atoms with van der Waals surface area (Å²) in [5, 5.41) is 0. The van der Waals surface area contributed by atoms with Crippen LogP contribution in [-0.2, 0) is 0 Å². The maximum Gasteiger partial charge on any atom is 0.304 e. The largest absolute Gasteiger partial charge is 0.314 e. The van der Waals surface area contributed by atoms with Crippen molar-refractivity contribution in [3.05, 3.63) is 0 Å². The third-order valence-electron chi connectivity index (χ3n) is 1.98. The van der Waals surface area contributed by atoms with Gasteiger partial charge >= 0.3 is 6.37 Å². The summed E-state index contributed by atoms with van der Waals surface area (Å²) in [5.41, 5.74) is 0. The highest BCUT2D eigenvalue weighted by atomic mass is 35.7. The van der Waals surface area contributed by atoms with Crippen LogP contribution in [-0.4, -0.2) is 20.0 Å². The molecular weight excluding hydrogens is 225 g/mol. The molecule has 0 heterocycles. The Labute approximate surface area is 87.1 Å². The topological polar surface area (TPSA) is 12.0 Å². The van der Waals surface area contributed by atoms with E-state index in [1.807, 2.05) is 0 Å². The van der Waals surface area contributed by atoms with Gasteiger partial charge in [-0.25, -0.2) is 0 Å². The molecule has 0 aliphatic carbocycles. The Balaban J connectivity index is 4.22. The van der Waals surface area contributed by atoms with Crippen LogP contribution in [0, 0.1) is 0 Å². The monoisotopic (exact) mass is 243 g/mol. The van der Waals surface area contributed by atoms with Crippen molar-refractivity contribution in [3.63, 3.8) is 0 Å². The first-order chi connectivity index (χ1) is 5.20. The van der Waals surface area contributed by atoms with Gasteiger partial charge in [-0.05, 0) is 12.5 Å². The molecule has 0 aromatic rings. The second kappa shape index (κ2) is 4.46. The van der Waals surface area contributed by atoms with Crippen LogP contribution in [0.25, 0.3) is 0 Å². The molecule has 1 atom stereocenters. The second-order valence-corrected chi connectivity index (χ2v) is 22.8. The standard InChI is InChI=1S/C7H19Cl2NSi2/c1-6-7(2)10-12(8,9)11(3,4)5/h7,10H,6H2,1-5H3. The fraction of sp³-hybridized carbons (Fsp3) is 1.00. The van der Waals surface area contributed by atoms with Gasteiger partial charge in [0.25, 0.3) is 0 Å². The normalized spacial score (nSPS) is 16.2. The van der Waals surface area contributed by atoms with E-state index >= 15 is 0 Å². The maximum atomic E-state index is 6.34. The molecule has 0 radical (unpaired) electrons. The fourth-order valence-electron chi connectivity index (χ4n) is 0.628. The van der Waals surface area contributed by atoms with Gasteiger partial charge in [-0.15, -0.1) is 22.2 Å². The van der Waals surface area contributed by atoms with Gasteiger partial charge in [0, 0.05) is 0 Å². The van der Waals surface area contributed by atoms with Crippen molar-refractivity contribution in [1.82, 2.24) is 4.98 Å². The highest BCUT2D eigenvalue weighted by Gasteiger charge is 2.44. The highest BCUT2D eigenvalue weighted by Crippen LogP contribution is 2.25. The van der Waals surface area contributed by atoms with Crippen LogP contribution >= 0.6 is 22.2 Å². The lowest BCUT2D eigenvalue weighted by atomic mass is 10.3. The molecule has 0 aromatic heterocycles. The van der Waals surface area contributed by atoms with Crippen LogP contribution in [0.5, 0.6) is 0 Å². The lowest BCUT2D eigenvalue weighted by Gasteiger charge is -2.32. The Kier molecular flexibility index (Phi) is 4.83. The summed E-state index contributed by atoms with van der Waals surface area (Å²) in [6.45, 7) is 10.9. The Hall–Kier alpha value is 0.974. The number of nitrogens with one attached hydrogen (secondary N) is 1. The Morgan fingerprint density at radius 3 is 1.92 bits per heavy atom. The average molecular weight is 244 g/mol. The molecule has 0 amide bonds. The molecule has 0 saturated carbocycles. The van der Waals surface area contributed by atoms with Crippen molar-refractivity contribution in [2.45, 2.75) is 46.0 Å². The minimum atomic E-state index is -2.16. The minimum absolute atomic E-state index is 0.443. The number of hydrogen-bond donors (Lipinski definition) is 1. The molecule has 74 valence electrons. The van der Waals surface area contributed by atoms with Crippen LogP contribution in [0.4, 0.5) is 0 Å². The minimum Gasteiger partial charge on any atom is -0.314 e. The summed E-state index contributed by atoms with van der Waals surface area (Å²) in [4.78, 5) is 3.38. The molecule has 0 fully saturated rings. The molecule has 0 bridgehead atoms. The summed E-state index contributed by atoms with van der Waals surface area (Å²) in [6, 6.07) is 0.443. The summed E-state index contributed by atoms with van der Waals surface area (Å²) in [5.74, 6) is 0. The quantitative estimate of drug-likeness (QED) is 0.591. The van der Waals surface area contributed by atoms with Crippen LogP contribution < -0.4 is 4.98 Å². The van der Waals surface area contributed by atoms with E-state index in [2.05, 4.69) is 38.5 Å². The fourth-order valence-corrected chi connectivity index (χ4v) is 5.04. The van der Waals surface area contributed by atoms with Gasteiger partial charge in [0.1, 0.15) is 0 Å². The van der Waals surface area contributed by atoms with Crippen molar-refractivity contribution in [2.24, 2.45) is 0 Å². The molecule has 0 aliphatic rings. The highest BCUT2D eigenvalue weighted by molar-refractivity contribution is 7.73. The van der Waals surface area contributed by atoms with E-state index in [9.17, 15) is 0 Å². The predicted molar refractivity (Wildman–Crippen MR) is 63.7 cm³/mol. The van der Waals surface area contributed by atoms with Gasteiger partial charge in [0.2, 0.25) is 0 Å². The molecule has 0 rings (SSSR count). The lowest BCUT2D eigenvalue weighted by molar-refractivity contribution is 0.655. The van der Waals surface area contributed by atoms with Crippen molar-refractivity contribution < 1.29 is 0 Å². The molecular formula is C7H19Cl2NSi2. The molecule has 1 nitrogen and oxygen atoms in total. The van der Waals surface area contributed by atoms with Gasteiger partial charge in [0.05, 0.1) is 7.59 Å². The molecule has 0 saturated heterocycles. The third kappa shape index (κ3) is 3.79. The van der Waals surface area contributed by atoms with E-state index in [0.717, 1.165) is 6.42 Å². The van der Waals surface area contributed by atoms with Crippen LogP contribution in [0.15, 0.2) is 0 Å². The zero-order chi connectivity index (χ0) is 9.99. The first-order valence-electron chi connectivity index (χ1n) is 4.36. The molecule has 1 N–H and O–H groups in total. The van der Waals surface area contributed by atoms with Gasteiger partial charge in [-0.1, -0.05) is 33.5 Å². The SMILES string of the molecule is CCC(C)N[Si](Cl)(Cl)[Si](C)(C)C. The summed E-state index contributed by atoms with van der Waals surface area (Å²) >= 11 is 12.7. The van der Waals surface area contributed by atoms with Crippen molar-refractivity contribution >= 4 is 36.1 Å². The average Bonchev–Trinajstić information content (AvgIpc) is 1.84. The van der Waals surface area contributed by atoms with E-state index < -0.39 is 14.0 Å². The first kappa shape index (κ1) is 13.0. The number of hydrogen-bond acceptors (Lipinski definition) is 1. The third-order valence-corrected chi connectivity index (χ3v) is 21.7. The van der Waals surface area contributed by atoms with Gasteiger partial charge in [0.15, 0.2) is 0 Å². The van der Waals surface area contributed by atoms with E-state index in [0.29, 0.717) is 6.04 Å². The molecule has 0 spiro atoms. The summed E-state index contributed by atoms with van der Waals surface area (Å²) in [6.07, 6.45) is -1.07. The van der Waals surface area contributed by atoms with E-state index in [1.165, 1.54) is 0 Å². The second-order valence-electron chi connectivity index (χ2n) is 4.28. The van der Waals surface area contributed by atoms with Crippen molar-refractivity contribution in [3.8, 4) is 0 Å². The molecule has 1 unspecified atom stereocenters. The van der Waals surface area contributed by atoms with Crippen molar-refractivity contribution in [1.29, 1.82) is 0 Å². The molecule has 0 aromatic carbocycles. The Morgan fingerprint density at radius 1 is 1.25 bits per heavy atom. The van der Waals surface area contributed by atoms with E-state index in [-0.39, 0.29) is 0 Å². The zero-order valence-corrected chi connectivity index (χ0v) is 12.1. The van der Waals surface area contributed by atoms with Gasteiger partial charge in [-0.2, -0.15) is 0 Å². The van der Waals surface area contributed by atoms with E-state index in [4.69, 9.17) is 22.2 Å². The lowest BCUT2D eigenvalue weighted by Crippen LogP contribution is -2.61. The number of rotatable bonds is 4. The van der Waals surface area contributed by atoms with Gasteiger partial charge < -0.3 is 4.98 Å².